The number of nitrogens with one attached hydrogen (secondary N) is 1. The Labute approximate surface area is 159 Å². The molecule has 2 atom stereocenters. The van der Waals surface area contributed by atoms with Gasteiger partial charge in [-0.15, -0.1) is 0 Å². The van der Waals surface area contributed by atoms with Crippen LogP contribution in [0.15, 0.2) is 42.7 Å². The van der Waals surface area contributed by atoms with Crippen LogP contribution in [0.25, 0.3) is 0 Å². The zero-order chi connectivity index (χ0) is 18.8. The van der Waals surface area contributed by atoms with E-state index in [2.05, 4.69) is 22.1 Å². The molecule has 3 aliphatic rings. The van der Waals surface area contributed by atoms with Crippen molar-refractivity contribution in [2.24, 2.45) is 5.92 Å². The quantitative estimate of drug-likeness (QED) is 0.880. The molecule has 1 amide bonds. The Hall–Kier alpha value is -2.60. The third-order valence-electron chi connectivity index (χ3n) is 5.75. The highest BCUT2D eigenvalue weighted by molar-refractivity contribution is 5.94. The van der Waals surface area contributed by atoms with Gasteiger partial charge in [-0.1, -0.05) is 0 Å². The maximum atomic E-state index is 12.7. The molecule has 0 saturated carbocycles. The number of ether oxygens (including phenoxy) is 2. The van der Waals surface area contributed by atoms with Gasteiger partial charge in [0.25, 0.3) is 5.91 Å². The second-order valence-corrected chi connectivity index (χ2v) is 7.30. The summed E-state index contributed by atoms with van der Waals surface area (Å²) in [5, 5.41) is 3.25. The van der Waals surface area contributed by atoms with Crippen LogP contribution in [0.2, 0.25) is 0 Å². The number of rotatable bonds is 5. The lowest BCUT2D eigenvalue weighted by Crippen LogP contribution is -2.62. The van der Waals surface area contributed by atoms with Gasteiger partial charge in [-0.25, -0.2) is 0 Å². The lowest BCUT2D eigenvalue weighted by Gasteiger charge is -2.49. The van der Waals surface area contributed by atoms with Gasteiger partial charge in [-0.2, -0.15) is 0 Å². The van der Waals surface area contributed by atoms with Crippen LogP contribution < -0.4 is 14.8 Å². The maximum absolute atomic E-state index is 12.7. The monoisotopic (exact) mass is 367 g/mol. The summed E-state index contributed by atoms with van der Waals surface area (Å²) in [6, 6.07) is 9.60. The number of piperidine rings is 3. The van der Waals surface area contributed by atoms with Crippen LogP contribution in [0.3, 0.4) is 0 Å². The number of aromatic nitrogens is 1. The molecule has 0 spiro atoms. The number of methoxy groups -OCH3 is 1. The molecule has 0 aliphatic carbocycles. The van der Waals surface area contributed by atoms with Gasteiger partial charge in [0, 0.05) is 23.7 Å². The Bertz CT molecular complexity index is 799. The molecule has 1 aromatic heterocycles. The summed E-state index contributed by atoms with van der Waals surface area (Å²) in [5.41, 5.74) is 0.648. The molecule has 1 N–H and O–H groups in total. The van der Waals surface area contributed by atoms with Crippen molar-refractivity contribution in [3.63, 3.8) is 0 Å². The van der Waals surface area contributed by atoms with Crippen molar-refractivity contribution in [3.8, 4) is 17.2 Å². The average molecular weight is 367 g/mol. The first-order chi connectivity index (χ1) is 13.1. The highest BCUT2D eigenvalue weighted by Gasteiger charge is 2.40. The first-order valence-corrected chi connectivity index (χ1v) is 9.46. The third-order valence-corrected chi connectivity index (χ3v) is 5.75. The predicted molar refractivity (Wildman–Crippen MR) is 102 cm³/mol. The van der Waals surface area contributed by atoms with Gasteiger partial charge < -0.3 is 14.8 Å². The molecule has 0 unspecified atom stereocenters. The van der Waals surface area contributed by atoms with Crippen LogP contribution in [0.1, 0.15) is 30.1 Å². The van der Waals surface area contributed by atoms with Gasteiger partial charge in [-0.3, -0.25) is 14.7 Å². The van der Waals surface area contributed by atoms with E-state index >= 15 is 0 Å². The topological polar surface area (TPSA) is 63.7 Å². The molecule has 6 heteroatoms. The third kappa shape index (κ3) is 3.76. The molecule has 3 saturated heterocycles. The number of amides is 1. The highest BCUT2D eigenvalue weighted by atomic mass is 16.5. The van der Waals surface area contributed by atoms with Crippen LogP contribution in [-0.2, 0) is 0 Å². The van der Waals surface area contributed by atoms with E-state index in [-0.39, 0.29) is 11.9 Å². The number of hydrogen-bond acceptors (Lipinski definition) is 5. The first kappa shape index (κ1) is 17.8. The van der Waals surface area contributed by atoms with E-state index in [4.69, 9.17) is 9.47 Å². The number of carbonyl (C=O) groups is 1. The van der Waals surface area contributed by atoms with Crippen molar-refractivity contribution in [3.05, 3.63) is 48.3 Å². The van der Waals surface area contributed by atoms with Gasteiger partial charge in [-0.05, 0) is 63.0 Å². The second kappa shape index (κ2) is 7.56. The zero-order valence-corrected chi connectivity index (χ0v) is 15.7. The molecular formula is C21H25N3O3. The van der Waals surface area contributed by atoms with Gasteiger partial charge in [0.2, 0.25) is 0 Å². The fourth-order valence-electron chi connectivity index (χ4n) is 4.16. The molecule has 142 valence electrons. The molecular weight excluding hydrogens is 342 g/mol. The Balaban J connectivity index is 1.40. The first-order valence-electron chi connectivity index (χ1n) is 9.46. The molecule has 27 heavy (non-hydrogen) atoms. The van der Waals surface area contributed by atoms with Crippen molar-refractivity contribution in [2.45, 2.75) is 31.8 Å². The van der Waals surface area contributed by atoms with Gasteiger partial charge >= 0.3 is 0 Å². The molecule has 3 aliphatic heterocycles. The molecule has 6 nitrogen and oxygen atoms in total. The lowest BCUT2D eigenvalue weighted by atomic mass is 9.79. The number of benzene rings is 1. The van der Waals surface area contributed by atoms with Crippen LogP contribution in [0.5, 0.6) is 17.2 Å². The predicted octanol–water partition coefficient (Wildman–Crippen LogP) is 3.10. The summed E-state index contributed by atoms with van der Waals surface area (Å²) in [4.78, 5) is 19.2. The van der Waals surface area contributed by atoms with Crippen molar-refractivity contribution in [1.82, 2.24) is 15.2 Å². The van der Waals surface area contributed by atoms with Crippen molar-refractivity contribution in [1.29, 1.82) is 0 Å². The highest BCUT2D eigenvalue weighted by Crippen LogP contribution is 2.32. The van der Waals surface area contributed by atoms with E-state index in [1.165, 1.54) is 12.8 Å². The van der Waals surface area contributed by atoms with Crippen LogP contribution in [0, 0.1) is 5.92 Å². The molecule has 2 bridgehead atoms. The summed E-state index contributed by atoms with van der Waals surface area (Å²) in [6.07, 6.45) is 5.60. The zero-order valence-electron chi connectivity index (χ0n) is 15.7. The number of nitrogens with zero attached hydrogens (tertiary/aromatic N) is 2. The lowest BCUT2D eigenvalue weighted by molar-refractivity contribution is 0.0217. The SMILES string of the molecule is COc1cncc(Oc2ccc(C(=O)N[C@@H]3C4CCN(CC4)[C@H]3C)cc2)c1. The van der Waals surface area contributed by atoms with Crippen LogP contribution >= 0.6 is 0 Å². The van der Waals surface area contributed by atoms with Crippen molar-refractivity contribution < 1.29 is 14.3 Å². The Morgan fingerprint density at radius 2 is 1.81 bits per heavy atom. The van der Waals surface area contributed by atoms with Gasteiger partial charge in [0.1, 0.15) is 17.2 Å². The van der Waals surface area contributed by atoms with Crippen molar-refractivity contribution in [2.75, 3.05) is 20.2 Å². The van der Waals surface area contributed by atoms with E-state index < -0.39 is 0 Å². The average Bonchev–Trinajstić information content (AvgIpc) is 2.71. The summed E-state index contributed by atoms with van der Waals surface area (Å²) in [7, 11) is 1.59. The Morgan fingerprint density at radius 3 is 2.48 bits per heavy atom. The Morgan fingerprint density at radius 1 is 1.11 bits per heavy atom. The summed E-state index contributed by atoms with van der Waals surface area (Å²) < 4.78 is 10.9. The molecule has 0 radical (unpaired) electrons. The van der Waals surface area contributed by atoms with E-state index in [0.29, 0.717) is 34.8 Å². The number of pyridine rings is 1. The number of carbonyl (C=O) groups excluding carboxylic acids is 1. The molecule has 3 fully saturated rings. The van der Waals surface area contributed by atoms with Gasteiger partial charge in [0.05, 0.1) is 19.5 Å². The fourth-order valence-corrected chi connectivity index (χ4v) is 4.16. The molecule has 1 aromatic carbocycles. The standard InChI is InChI=1S/C21H25N3O3/c1-14-20(15-7-9-24(14)10-8-15)23-21(25)16-3-5-17(6-4-16)27-19-11-18(26-2)12-22-13-19/h3-6,11-15,20H,7-10H2,1-2H3,(H,23,25)/t14-,20-/m0/s1. The van der Waals surface area contributed by atoms with Crippen LogP contribution in [0.4, 0.5) is 0 Å². The Kier molecular flexibility index (Phi) is 4.99. The molecule has 4 heterocycles. The number of hydrogen-bond donors (Lipinski definition) is 1. The summed E-state index contributed by atoms with van der Waals surface area (Å²) in [5.74, 6) is 2.45. The van der Waals surface area contributed by atoms with Gasteiger partial charge in [0.15, 0.2) is 0 Å². The normalized spacial score (nSPS) is 26.4. The smallest absolute Gasteiger partial charge is 0.251 e. The maximum Gasteiger partial charge on any atom is 0.251 e. The van der Waals surface area contributed by atoms with E-state index in [9.17, 15) is 4.79 Å². The van der Waals surface area contributed by atoms with Crippen LogP contribution in [-0.4, -0.2) is 48.1 Å². The van der Waals surface area contributed by atoms with E-state index in [1.807, 2.05) is 0 Å². The van der Waals surface area contributed by atoms with E-state index in [1.54, 1.807) is 49.8 Å². The minimum absolute atomic E-state index is 0.0183. The second-order valence-electron chi connectivity index (χ2n) is 7.30. The molecule has 2 aromatic rings. The van der Waals surface area contributed by atoms with E-state index in [0.717, 1.165) is 13.1 Å². The summed E-state index contributed by atoms with van der Waals surface area (Å²) >= 11 is 0. The minimum Gasteiger partial charge on any atom is -0.495 e. The minimum atomic E-state index is -0.0183. The fraction of sp³-hybridized carbons (Fsp3) is 0.429. The largest absolute Gasteiger partial charge is 0.495 e. The number of fused-ring (bicyclic) bond motifs is 3. The summed E-state index contributed by atoms with van der Waals surface area (Å²) in [6.45, 7) is 4.53. The molecule has 5 rings (SSSR count). The van der Waals surface area contributed by atoms with Crippen molar-refractivity contribution >= 4 is 5.91 Å².